The fourth-order valence-corrected chi connectivity index (χ4v) is 6.02. The van der Waals surface area contributed by atoms with Gasteiger partial charge in [-0.2, -0.15) is 16.5 Å². The second-order valence-electron chi connectivity index (χ2n) is 7.13. The number of fused-ring (bicyclic) bond motifs is 2. The van der Waals surface area contributed by atoms with Crippen LogP contribution >= 0.6 is 34.7 Å². The SMILES string of the molecule is CSCCC(NS(=O)(=O)c1ccc2c(c1)oc(=O)n2C)C(=O)Nc1nc2ccc(Cl)cc2s1. The van der Waals surface area contributed by atoms with Crippen molar-refractivity contribution >= 4 is 77.1 Å². The highest BCUT2D eigenvalue weighted by Gasteiger charge is 2.27. The lowest BCUT2D eigenvalue weighted by molar-refractivity contribution is -0.117. The summed E-state index contributed by atoms with van der Waals surface area (Å²) in [6.45, 7) is 0. The van der Waals surface area contributed by atoms with E-state index in [4.69, 9.17) is 16.0 Å². The minimum atomic E-state index is -4.08. The number of carbonyl (C=O) groups excluding carboxylic acids is 1. The van der Waals surface area contributed by atoms with E-state index in [1.54, 1.807) is 18.2 Å². The molecule has 4 aromatic rings. The molecule has 2 heterocycles. The molecule has 0 saturated heterocycles. The van der Waals surface area contributed by atoms with Crippen molar-refractivity contribution < 1.29 is 17.6 Å². The summed E-state index contributed by atoms with van der Waals surface area (Å²) in [5, 5.41) is 3.60. The number of nitrogens with zero attached hydrogens (tertiary/aromatic N) is 2. The molecule has 0 fully saturated rings. The van der Waals surface area contributed by atoms with Gasteiger partial charge in [0.1, 0.15) is 6.04 Å². The van der Waals surface area contributed by atoms with Crippen LogP contribution in [0.3, 0.4) is 0 Å². The van der Waals surface area contributed by atoms with Crippen molar-refractivity contribution in [3.63, 3.8) is 0 Å². The van der Waals surface area contributed by atoms with E-state index < -0.39 is 27.7 Å². The summed E-state index contributed by atoms with van der Waals surface area (Å²) in [6, 6.07) is 8.28. The summed E-state index contributed by atoms with van der Waals surface area (Å²) in [4.78, 5) is 28.9. The molecule has 0 saturated carbocycles. The van der Waals surface area contributed by atoms with E-state index in [-0.39, 0.29) is 16.9 Å². The number of carbonyl (C=O) groups is 1. The number of aromatic nitrogens is 2. The van der Waals surface area contributed by atoms with Crippen molar-refractivity contribution in [3.05, 3.63) is 52.0 Å². The molecule has 1 unspecified atom stereocenters. The Balaban J connectivity index is 1.58. The van der Waals surface area contributed by atoms with Crippen molar-refractivity contribution in [2.24, 2.45) is 7.05 Å². The van der Waals surface area contributed by atoms with Crippen molar-refractivity contribution in [3.8, 4) is 0 Å². The zero-order chi connectivity index (χ0) is 23.8. The van der Waals surface area contributed by atoms with Crippen LogP contribution in [0.2, 0.25) is 5.02 Å². The molecular weight excluding hydrogens is 508 g/mol. The molecule has 0 bridgehead atoms. The minimum Gasteiger partial charge on any atom is -0.408 e. The maximum absolute atomic E-state index is 13.0. The predicted octanol–water partition coefficient (Wildman–Crippen LogP) is 3.43. The van der Waals surface area contributed by atoms with E-state index in [0.29, 0.717) is 26.9 Å². The molecule has 13 heteroatoms. The fourth-order valence-electron chi connectivity index (χ4n) is 3.16. The van der Waals surface area contributed by atoms with Crippen LogP contribution in [0.4, 0.5) is 5.13 Å². The first-order valence-electron chi connectivity index (χ1n) is 9.66. The molecule has 174 valence electrons. The van der Waals surface area contributed by atoms with Gasteiger partial charge < -0.3 is 9.73 Å². The second-order valence-corrected chi connectivity index (χ2v) is 11.3. The third-order valence-electron chi connectivity index (χ3n) is 4.88. The van der Waals surface area contributed by atoms with Crippen molar-refractivity contribution in [2.75, 3.05) is 17.3 Å². The lowest BCUT2D eigenvalue weighted by atomic mass is 10.2. The number of oxazole rings is 1. The van der Waals surface area contributed by atoms with Crippen LogP contribution < -0.4 is 15.8 Å². The number of hydrogen-bond donors (Lipinski definition) is 2. The number of nitrogens with one attached hydrogen (secondary N) is 2. The summed E-state index contributed by atoms with van der Waals surface area (Å²) >= 11 is 8.74. The van der Waals surface area contributed by atoms with Gasteiger partial charge in [0, 0.05) is 18.1 Å². The highest BCUT2D eigenvalue weighted by Crippen LogP contribution is 2.28. The standard InChI is InChI=1S/C20H19ClN4O5S3/c1-25-15-6-4-12(10-16(15)30-20(25)27)33(28,29)24-14(7-8-31-2)18(26)23-19-22-13-5-3-11(21)9-17(13)32-19/h3-6,9-10,14,24H,7-8H2,1-2H3,(H,22,23,26). The zero-order valence-corrected chi connectivity index (χ0v) is 20.7. The first-order chi connectivity index (χ1) is 15.7. The Labute approximate surface area is 202 Å². The second kappa shape index (κ2) is 9.47. The van der Waals surface area contributed by atoms with Gasteiger partial charge in [0.05, 0.1) is 20.6 Å². The van der Waals surface area contributed by atoms with Crippen LogP contribution in [0.15, 0.2) is 50.5 Å². The highest BCUT2D eigenvalue weighted by atomic mass is 35.5. The van der Waals surface area contributed by atoms with Crippen molar-refractivity contribution in [1.29, 1.82) is 0 Å². The molecule has 0 aliphatic carbocycles. The summed E-state index contributed by atoms with van der Waals surface area (Å²) < 4.78 is 35.7. The van der Waals surface area contributed by atoms with Crippen LogP contribution in [0.1, 0.15) is 6.42 Å². The molecular formula is C20H19ClN4O5S3. The minimum absolute atomic E-state index is 0.110. The smallest absolute Gasteiger partial charge is 0.408 e. The van der Waals surface area contributed by atoms with Gasteiger partial charge in [-0.15, -0.1) is 0 Å². The Morgan fingerprint density at radius 2 is 2.09 bits per heavy atom. The first kappa shape index (κ1) is 23.8. The molecule has 1 atom stereocenters. The molecule has 2 aromatic heterocycles. The number of benzene rings is 2. The number of rotatable bonds is 8. The van der Waals surface area contributed by atoms with Crippen molar-refractivity contribution in [2.45, 2.75) is 17.4 Å². The van der Waals surface area contributed by atoms with E-state index in [1.807, 2.05) is 6.26 Å². The quantitative estimate of drug-likeness (QED) is 0.360. The zero-order valence-electron chi connectivity index (χ0n) is 17.5. The first-order valence-corrected chi connectivity index (χ1v) is 13.7. The topological polar surface area (TPSA) is 123 Å². The van der Waals surface area contributed by atoms with Crippen LogP contribution in [0, 0.1) is 0 Å². The van der Waals surface area contributed by atoms with Gasteiger partial charge >= 0.3 is 5.76 Å². The summed E-state index contributed by atoms with van der Waals surface area (Å²) in [5.41, 5.74) is 1.29. The monoisotopic (exact) mass is 526 g/mol. The van der Waals surface area contributed by atoms with Crippen LogP contribution in [0.5, 0.6) is 0 Å². The number of aryl methyl sites for hydroxylation is 1. The van der Waals surface area contributed by atoms with Crippen LogP contribution in [-0.4, -0.2) is 41.9 Å². The molecule has 2 aromatic carbocycles. The molecule has 9 nitrogen and oxygen atoms in total. The van der Waals surface area contributed by atoms with Gasteiger partial charge in [-0.05, 0) is 48.8 Å². The summed E-state index contributed by atoms with van der Waals surface area (Å²) in [7, 11) is -2.55. The molecule has 0 aliphatic rings. The lowest BCUT2D eigenvalue weighted by Gasteiger charge is -2.17. The number of amides is 1. The van der Waals surface area contributed by atoms with E-state index in [0.717, 1.165) is 4.70 Å². The van der Waals surface area contributed by atoms with Gasteiger partial charge in [-0.3, -0.25) is 9.36 Å². The Kier molecular flexibility index (Phi) is 6.82. The fraction of sp³-hybridized carbons (Fsp3) is 0.250. The Hall–Kier alpha value is -2.38. The highest BCUT2D eigenvalue weighted by molar-refractivity contribution is 7.98. The third kappa shape index (κ3) is 5.09. The van der Waals surface area contributed by atoms with Crippen LogP contribution in [0.25, 0.3) is 21.3 Å². The Morgan fingerprint density at radius 3 is 2.85 bits per heavy atom. The summed E-state index contributed by atoms with van der Waals surface area (Å²) in [5.74, 6) is -0.560. The number of hydrogen-bond acceptors (Lipinski definition) is 8. The van der Waals surface area contributed by atoms with Gasteiger partial charge in [0.2, 0.25) is 15.9 Å². The number of halogens is 1. The van der Waals surface area contributed by atoms with E-state index in [9.17, 15) is 18.0 Å². The molecule has 0 spiro atoms. The predicted molar refractivity (Wildman–Crippen MR) is 132 cm³/mol. The third-order valence-corrected chi connectivity index (χ3v) is 8.16. The number of thioether (sulfide) groups is 1. The molecule has 1 amide bonds. The molecule has 4 rings (SSSR count). The molecule has 33 heavy (non-hydrogen) atoms. The number of sulfonamides is 1. The largest absolute Gasteiger partial charge is 0.419 e. The maximum atomic E-state index is 13.0. The maximum Gasteiger partial charge on any atom is 0.419 e. The molecule has 2 N–H and O–H groups in total. The van der Waals surface area contributed by atoms with E-state index in [2.05, 4.69) is 15.0 Å². The average Bonchev–Trinajstić information content (AvgIpc) is 3.29. The van der Waals surface area contributed by atoms with Crippen molar-refractivity contribution in [1.82, 2.24) is 14.3 Å². The van der Waals surface area contributed by atoms with Gasteiger partial charge in [-0.1, -0.05) is 22.9 Å². The Morgan fingerprint density at radius 1 is 1.30 bits per heavy atom. The van der Waals surface area contributed by atoms with E-state index >= 15 is 0 Å². The summed E-state index contributed by atoms with van der Waals surface area (Å²) in [6.07, 6.45) is 2.14. The van der Waals surface area contributed by atoms with Crippen LogP contribution in [-0.2, 0) is 21.9 Å². The molecule has 0 aliphatic heterocycles. The number of anilines is 1. The number of thiazole rings is 1. The average molecular weight is 527 g/mol. The molecule has 0 radical (unpaired) electrons. The van der Waals surface area contributed by atoms with Gasteiger partial charge in [0.15, 0.2) is 10.7 Å². The van der Waals surface area contributed by atoms with Gasteiger partial charge in [-0.25, -0.2) is 18.2 Å². The Bertz CT molecular complexity index is 1510. The lowest BCUT2D eigenvalue weighted by Crippen LogP contribution is -2.44. The van der Waals surface area contributed by atoms with Gasteiger partial charge in [0.25, 0.3) is 0 Å². The van der Waals surface area contributed by atoms with E-state index in [1.165, 1.54) is 52.9 Å². The normalized spacial score (nSPS) is 12.9.